The van der Waals surface area contributed by atoms with E-state index in [2.05, 4.69) is 15.4 Å². The molecule has 3 unspecified atom stereocenters. The summed E-state index contributed by atoms with van der Waals surface area (Å²) in [5.74, 6) is 6.17. The van der Waals surface area contributed by atoms with Gasteiger partial charge >= 0.3 is 0 Å². The highest BCUT2D eigenvalue weighted by Gasteiger charge is 2.43. The van der Waals surface area contributed by atoms with Gasteiger partial charge in [0, 0.05) is 25.8 Å². The van der Waals surface area contributed by atoms with Crippen LogP contribution >= 0.6 is 0 Å². The largest absolute Gasteiger partial charge is 0.378 e. The number of rotatable bonds is 3. The first kappa shape index (κ1) is 13.9. The van der Waals surface area contributed by atoms with Gasteiger partial charge in [-0.05, 0) is 25.7 Å². The fraction of sp³-hybridized carbons (Fsp3) is 0.714. The number of nitrogens with zero attached hydrogens (tertiary/aromatic N) is 2. The summed E-state index contributed by atoms with van der Waals surface area (Å²) in [5.41, 5.74) is 4.62. The molecule has 0 aliphatic carbocycles. The van der Waals surface area contributed by atoms with Crippen LogP contribution in [0.25, 0.3) is 0 Å². The van der Waals surface area contributed by atoms with Gasteiger partial charge in [-0.3, -0.25) is 21.2 Å². The maximum atomic E-state index is 5.98. The van der Waals surface area contributed by atoms with Crippen LogP contribution in [0.2, 0.25) is 0 Å². The minimum Gasteiger partial charge on any atom is -0.378 e. The van der Waals surface area contributed by atoms with Gasteiger partial charge in [0.05, 0.1) is 35.8 Å². The fourth-order valence-corrected chi connectivity index (χ4v) is 3.24. The summed E-state index contributed by atoms with van der Waals surface area (Å²) < 4.78 is 11.5. The number of nitrogens with one attached hydrogen (secondary N) is 1. The number of hydrogen-bond donors (Lipinski definition) is 2. The van der Waals surface area contributed by atoms with Crippen molar-refractivity contribution in [2.45, 2.75) is 37.8 Å². The van der Waals surface area contributed by atoms with Crippen LogP contribution in [-0.2, 0) is 9.47 Å². The predicted octanol–water partition coefficient (Wildman–Crippen LogP) is 0.875. The number of hydrogen-bond acceptors (Lipinski definition) is 6. The lowest BCUT2D eigenvalue weighted by Crippen LogP contribution is -2.45. The van der Waals surface area contributed by atoms with Gasteiger partial charge in [-0.15, -0.1) is 0 Å². The highest BCUT2D eigenvalue weighted by atomic mass is 16.6. The quantitative estimate of drug-likeness (QED) is 0.631. The van der Waals surface area contributed by atoms with Gasteiger partial charge in [-0.1, -0.05) is 0 Å². The molecule has 0 amide bonds. The Kier molecular flexibility index (Phi) is 3.98. The summed E-state index contributed by atoms with van der Waals surface area (Å²) in [6.45, 7) is 4.17. The van der Waals surface area contributed by atoms with Gasteiger partial charge in [0.25, 0.3) is 0 Å². The lowest BCUT2D eigenvalue weighted by molar-refractivity contribution is -0.103. The van der Waals surface area contributed by atoms with Crippen molar-refractivity contribution in [2.24, 2.45) is 11.8 Å². The second-order valence-corrected chi connectivity index (χ2v) is 5.81. The van der Waals surface area contributed by atoms with E-state index < -0.39 is 0 Å². The summed E-state index contributed by atoms with van der Waals surface area (Å²) in [4.78, 5) is 8.78. The highest BCUT2D eigenvalue weighted by molar-refractivity contribution is 5.08. The average Bonchev–Trinajstić information content (AvgIpc) is 2.90. The highest BCUT2D eigenvalue weighted by Crippen LogP contribution is 2.40. The first-order valence-electron chi connectivity index (χ1n) is 7.19. The molecule has 6 heteroatoms. The average molecular weight is 278 g/mol. The molecule has 20 heavy (non-hydrogen) atoms. The molecule has 2 aliphatic rings. The molecule has 3 heterocycles. The molecule has 2 aliphatic heterocycles. The topological polar surface area (TPSA) is 82.3 Å². The van der Waals surface area contributed by atoms with Crippen molar-refractivity contribution >= 4 is 0 Å². The third-order valence-electron chi connectivity index (χ3n) is 4.37. The number of hydrazine groups is 1. The van der Waals surface area contributed by atoms with Crippen LogP contribution in [0.1, 0.15) is 36.7 Å². The predicted molar refractivity (Wildman–Crippen MR) is 73.7 cm³/mol. The molecule has 3 atom stereocenters. The van der Waals surface area contributed by atoms with E-state index in [1.165, 1.54) is 0 Å². The third-order valence-corrected chi connectivity index (χ3v) is 4.37. The van der Waals surface area contributed by atoms with Crippen molar-refractivity contribution < 1.29 is 9.47 Å². The number of nitrogens with two attached hydrogens (primary N) is 1. The Morgan fingerprint density at radius 1 is 1.40 bits per heavy atom. The molecule has 0 bridgehead atoms. The number of aryl methyl sites for hydroxylation is 1. The van der Waals surface area contributed by atoms with Crippen molar-refractivity contribution in [3.63, 3.8) is 0 Å². The smallest absolute Gasteiger partial charge is 0.0940 e. The number of ether oxygens (including phenoxy) is 2. The minimum atomic E-state index is -0.115. The van der Waals surface area contributed by atoms with Crippen LogP contribution in [0.15, 0.2) is 12.4 Å². The van der Waals surface area contributed by atoms with Crippen molar-refractivity contribution in [3.8, 4) is 0 Å². The first-order chi connectivity index (χ1) is 9.72. The molecule has 3 N–H and O–H groups in total. The van der Waals surface area contributed by atoms with Crippen molar-refractivity contribution in [3.05, 3.63) is 23.8 Å². The summed E-state index contributed by atoms with van der Waals surface area (Å²) in [7, 11) is 0. The van der Waals surface area contributed by atoms with Gasteiger partial charge < -0.3 is 9.47 Å². The van der Waals surface area contributed by atoms with Crippen molar-refractivity contribution in [2.75, 3.05) is 19.8 Å². The molecule has 1 aromatic rings. The van der Waals surface area contributed by atoms with Gasteiger partial charge in [0.1, 0.15) is 0 Å². The molecule has 110 valence electrons. The SMILES string of the molecule is Cc1cnc(C(NN)C2CCOC3(CCOC3)C2)cn1. The molecular formula is C14H22N4O2. The Morgan fingerprint density at radius 3 is 2.95 bits per heavy atom. The van der Waals surface area contributed by atoms with Gasteiger partial charge in [0.2, 0.25) is 0 Å². The van der Waals surface area contributed by atoms with Gasteiger partial charge in [-0.2, -0.15) is 0 Å². The van der Waals surface area contributed by atoms with E-state index in [1.54, 1.807) is 6.20 Å². The molecule has 6 nitrogen and oxygen atoms in total. The molecule has 1 spiro atoms. The van der Waals surface area contributed by atoms with Crippen LogP contribution < -0.4 is 11.3 Å². The minimum absolute atomic E-state index is 0.0180. The molecular weight excluding hydrogens is 256 g/mol. The van der Waals surface area contributed by atoms with Gasteiger partial charge in [-0.25, -0.2) is 0 Å². The van der Waals surface area contributed by atoms with Crippen LogP contribution in [0.3, 0.4) is 0 Å². The Labute approximate surface area is 119 Å². The van der Waals surface area contributed by atoms with E-state index in [0.717, 1.165) is 43.9 Å². The lowest BCUT2D eigenvalue weighted by atomic mass is 9.80. The Morgan fingerprint density at radius 2 is 2.30 bits per heavy atom. The van der Waals surface area contributed by atoms with E-state index in [4.69, 9.17) is 15.3 Å². The monoisotopic (exact) mass is 278 g/mol. The summed E-state index contributed by atoms with van der Waals surface area (Å²) in [6, 6.07) is 0.0180. The van der Waals surface area contributed by atoms with Crippen molar-refractivity contribution in [1.82, 2.24) is 15.4 Å². The zero-order valence-corrected chi connectivity index (χ0v) is 11.8. The third kappa shape index (κ3) is 2.69. The molecule has 1 aromatic heterocycles. The normalized spacial score (nSPS) is 31.6. The molecule has 0 aromatic carbocycles. The van der Waals surface area contributed by atoms with E-state index in [0.29, 0.717) is 12.5 Å². The Bertz CT molecular complexity index is 445. The maximum Gasteiger partial charge on any atom is 0.0940 e. The van der Waals surface area contributed by atoms with Crippen LogP contribution in [0.4, 0.5) is 0 Å². The molecule has 2 fully saturated rings. The van der Waals surface area contributed by atoms with Gasteiger partial charge in [0.15, 0.2) is 0 Å². The van der Waals surface area contributed by atoms with E-state index >= 15 is 0 Å². The Hall–Kier alpha value is -1.08. The maximum absolute atomic E-state index is 5.98. The fourth-order valence-electron chi connectivity index (χ4n) is 3.24. The van der Waals surface area contributed by atoms with E-state index in [-0.39, 0.29) is 11.6 Å². The zero-order valence-electron chi connectivity index (χ0n) is 11.8. The van der Waals surface area contributed by atoms with Crippen molar-refractivity contribution in [1.29, 1.82) is 0 Å². The van der Waals surface area contributed by atoms with E-state index in [1.807, 2.05) is 13.1 Å². The molecule has 2 saturated heterocycles. The molecule has 0 radical (unpaired) electrons. The summed E-state index contributed by atoms with van der Waals surface area (Å²) >= 11 is 0. The van der Waals surface area contributed by atoms with Crippen LogP contribution in [0.5, 0.6) is 0 Å². The van der Waals surface area contributed by atoms with E-state index in [9.17, 15) is 0 Å². The number of aromatic nitrogens is 2. The molecule has 3 rings (SSSR count). The second-order valence-electron chi connectivity index (χ2n) is 5.81. The summed E-state index contributed by atoms with van der Waals surface area (Å²) in [6.07, 6.45) is 6.50. The lowest BCUT2D eigenvalue weighted by Gasteiger charge is -2.39. The first-order valence-corrected chi connectivity index (χ1v) is 7.19. The zero-order chi connectivity index (χ0) is 14.0. The Balaban J connectivity index is 1.76. The second kappa shape index (κ2) is 5.73. The molecule has 0 saturated carbocycles. The standard InChI is InChI=1S/C14H22N4O2/c1-10-7-17-12(8-16-10)13(18-15)11-2-4-20-14(6-11)3-5-19-9-14/h7-8,11,13,18H,2-6,9,15H2,1H3. The summed E-state index contributed by atoms with van der Waals surface area (Å²) in [5, 5.41) is 0. The van der Waals surface area contributed by atoms with Crippen LogP contribution in [-0.4, -0.2) is 35.4 Å². The van der Waals surface area contributed by atoms with Crippen LogP contribution in [0, 0.1) is 12.8 Å².